The zero-order chi connectivity index (χ0) is 16.5. The van der Waals surface area contributed by atoms with Crippen LogP contribution >= 0.6 is 0 Å². The molecule has 4 heterocycles. The van der Waals surface area contributed by atoms with Gasteiger partial charge in [0, 0.05) is 25.2 Å². The topological polar surface area (TPSA) is 120 Å². The molecule has 0 aromatic carbocycles. The molecule has 10 nitrogen and oxygen atoms in total. The number of hydrogen-bond acceptors (Lipinski definition) is 7. The molecule has 0 radical (unpaired) electrons. The maximum Gasteiger partial charge on any atom is 0.244 e. The predicted molar refractivity (Wildman–Crippen MR) is 83.8 cm³/mol. The summed E-state index contributed by atoms with van der Waals surface area (Å²) in [6.45, 7) is 1.41. The highest BCUT2D eigenvalue weighted by atomic mass is 16.2. The van der Waals surface area contributed by atoms with Crippen LogP contribution in [-0.2, 0) is 11.3 Å². The Morgan fingerprint density at radius 3 is 2.79 bits per heavy atom. The fraction of sp³-hybridized carbons (Fsp3) is 0.429. The largest absolute Gasteiger partial charge is 0.367 e. The zero-order valence-electron chi connectivity index (χ0n) is 13.0. The monoisotopic (exact) mass is 327 g/mol. The van der Waals surface area contributed by atoms with Gasteiger partial charge >= 0.3 is 0 Å². The fourth-order valence-electron chi connectivity index (χ4n) is 3.08. The lowest BCUT2D eigenvalue weighted by molar-refractivity contribution is -0.133. The highest BCUT2D eigenvalue weighted by molar-refractivity contribution is 5.76. The number of tetrazole rings is 1. The molecule has 2 N–H and O–H groups in total. The van der Waals surface area contributed by atoms with Crippen LogP contribution in [0.4, 0.5) is 5.95 Å². The van der Waals surface area contributed by atoms with E-state index in [4.69, 9.17) is 5.73 Å². The van der Waals surface area contributed by atoms with Crippen molar-refractivity contribution in [3.05, 3.63) is 30.2 Å². The molecular formula is C14H17N9O. The van der Waals surface area contributed by atoms with E-state index >= 15 is 0 Å². The molecule has 1 fully saturated rings. The van der Waals surface area contributed by atoms with Gasteiger partial charge in [-0.25, -0.2) is 4.68 Å². The molecule has 4 rings (SSSR count). The van der Waals surface area contributed by atoms with Gasteiger partial charge in [0.1, 0.15) is 12.4 Å². The van der Waals surface area contributed by atoms with Crippen molar-refractivity contribution < 1.29 is 4.79 Å². The Kier molecular flexibility index (Phi) is 3.56. The summed E-state index contributed by atoms with van der Waals surface area (Å²) in [7, 11) is 0. The van der Waals surface area contributed by atoms with Crippen molar-refractivity contribution in [1.82, 2.24) is 39.7 Å². The summed E-state index contributed by atoms with van der Waals surface area (Å²) in [6, 6.07) is 5.85. The number of rotatable bonds is 3. The highest BCUT2D eigenvalue weighted by Gasteiger charge is 2.27. The fourth-order valence-corrected chi connectivity index (χ4v) is 3.08. The van der Waals surface area contributed by atoms with Crippen LogP contribution in [0.25, 0.3) is 5.65 Å². The normalized spacial score (nSPS) is 15.9. The number of fused-ring (bicyclic) bond motifs is 1. The van der Waals surface area contributed by atoms with E-state index in [2.05, 4.69) is 25.7 Å². The molecule has 0 spiro atoms. The Bertz CT molecular complexity index is 862. The lowest BCUT2D eigenvalue weighted by Gasteiger charge is -2.31. The Morgan fingerprint density at radius 2 is 2.04 bits per heavy atom. The molecule has 124 valence electrons. The Labute approximate surface area is 137 Å². The van der Waals surface area contributed by atoms with Crippen molar-refractivity contribution in [2.75, 3.05) is 18.8 Å². The van der Waals surface area contributed by atoms with E-state index in [1.165, 1.54) is 4.68 Å². The molecule has 1 saturated heterocycles. The Hall–Kier alpha value is -3.04. The minimum Gasteiger partial charge on any atom is -0.367 e. The minimum atomic E-state index is -0.0291. The van der Waals surface area contributed by atoms with Gasteiger partial charge in [-0.2, -0.15) is 0 Å². The van der Waals surface area contributed by atoms with Crippen LogP contribution in [0, 0.1) is 0 Å². The second-order valence-electron chi connectivity index (χ2n) is 5.84. The minimum absolute atomic E-state index is 0.0291. The quantitative estimate of drug-likeness (QED) is 0.701. The highest BCUT2D eigenvalue weighted by Crippen LogP contribution is 2.27. The number of piperidine rings is 1. The molecule has 0 bridgehead atoms. The van der Waals surface area contributed by atoms with Crippen LogP contribution in [0.2, 0.25) is 0 Å². The van der Waals surface area contributed by atoms with Crippen LogP contribution in [-0.4, -0.2) is 58.7 Å². The van der Waals surface area contributed by atoms with Crippen molar-refractivity contribution >= 4 is 17.5 Å². The first-order valence-corrected chi connectivity index (χ1v) is 7.81. The van der Waals surface area contributed by atoms with Crippen LogP contribution < -0.4 is 5.73 Å². The molecule has 0 saturated carbocycles. The van der Waals surface area contributed by atoms with Gasteiger partial charge in [0.2, 0.25) is 11.9 Å². The number of amides is 1. The van der Waals surface area contributed by atoms with Gasteiger partial charge in [0.25, 0.3) is 0 Å². The third-order valence-corrected chi connectivity index (χ3v) is 4.40. The maximum absolute atomic E-state index is 12.3. The number of carbonyl (C=O) groups is 1. The SMILES string of the molecule is Nc1nnnn1CC(=O)N1CCC(c2nnc3ccccn23)CC1. The van der Waals surface area contributed by atoms with Gasteiger partial charge in [0.05, 0.1) is 0 Å². The average Bonchev–Trinajstić information content (AvgIpc) is 3.21. The van der Waals surface area contributed by atoms with Gasteiger partial charge in [-0.3, -0.25) is 9.20 Å². The van der Waals surface area contributed by atoms with E-state index in [1.54, 1.807) is 0 Å². The number of nitrogens with two attached hydrogens (primary N) is 1. The van der Waals surface area contributed by atoms with Crippen LogP contribution in [0.3, 0.4) is 0 Å². The number of hydrogen-bond donors (Lipinski definition) is 1. The van der Waals surface area contributed by atoms with E-state index in [0.717, 1.165) is 24.3 Å². The maximum atomic E-state index is 12.3. The van der Waals surface area contributed by atoms with Gasteiger partial charge in [-0.15, -0.1) is 10.2 Å². The first-order chi connectivity index (χ1) is 11.7. The first kappa shape index (κ1) is 14.5. The van der Waals surface area contributed by atoms with E-state index in [1.807, 2.05) is 33.7 Å². The molecule has 1 aliphatic rings. The summed E-state index contributed by atoms with van der Waals surface area (Å²) in [6.07, 6.45) is 3.68. The number of pyridine rings is 1. The van der Waals surface area contributed by atoms with E-state index in [9.17, 15) is 4.79 Å². The molecule has 3 aromatic heterocycles. The molecule has 1 amide bonds. The second-order valence-corrected chi connectivity index (χ2v) is 5.84. The Morgan fingerprint density at radius 1 is 1.21 bits per heavy atom. The van der Waals surface area contributed by atoms with E-state index in [-0.39, 0.29) is 18.4 Å². The number of nitrogens with zero attached hydrogens (tertiary/aromatic N) is 8. The van der Waals surface area contributed by atoms with Crippen molar-refractivity contribution in [1.29, 1.82) is 0 Å². The Balaban J connectivity index is 1.41. The van der Waals surface area contributed by atoms with Crippen LogP contribution in [0.15, 0.2) is 24.4 Å². The molecule has 24 heavy (non-hydrogen) atoms. The van der Waals surface area contributed by atoms with Crippen LogP contribution in [0.5, 0.6) is 0 Å². The number of nitrogen functional groups attached to an aromatic ring is 1. The van der Waals surface area contributed by atoms with E-state index in [0.29, 0.717) is 19.0 Å². The van der Waals surface area contributed by atoms with Gasteiger partial charge in [-0.1, -0.05) is 11.2 Å². The molecular weight excluding hydrogens is 310 g/mol. The van der Waals surface area contributed by atoms with Gasteiger partial charge < -0.3 is 10.6 Å². The van der Waals surface area contributed by atoms with Crippen molar-refractivity contribution in [3.8, 4) is 0 Å². The molecule has 3 aromatic rings. The number of anilines is 1. The summed E-state index contributed by atoms with van der Waals surface area (Å²) in [5, 5.41) is 19.3. The van der Waals surface area contributed by atoms with E-state index < -0.39 is 0 Å². The average molecular weight is 327 g/mol. The second kappa shape index (κ2) is 5.87. The summed E-state index contributed by atoms with van der Waals surface area (Å²) < 4.78 is 3.32. The number of aromatic nitrogens is 7. The third kappa shape index (κ3) is 2.55. The molecule has 0 unspecified atom stereocenters. The third-order valence-electron chi connectivity index (χ3n) is 4.40. The smallest absolute Gasteiger partial charge is 0.244 e. The lowest BCUT2D eigenvalue weighted by Crippen LogP contribution is -2.40. The molecule has 10 heteroatoms. The standard InChI is InChI=1S/C14H17N9O/c15-14-18-19-20-23(14)9-12(24)21-7-4-10(5-8-21)13-17-16-11-3-1-2-6-22(11)13/h1-3,6,10H,4-5,7-9H2,(H2,15,18,20). The molecule has 0 atom stereocenters. The summed E-state index contributed by atoms with van der Waals surface area (Å²) in [5.41, 5.74) is 6.44. The molecule has 1 aliphatic heterocycles. The van der Waals surface area contributed by atoms with Crippen molar-refractivity contribution in [3.63, 3.8) is 0 Å². The van der Waals surface area contributed by atoms with Crippen molar-refractivity contribution in [2.45, 2.75) is 25.3 Å². The predicted octanol–water partition coefficient (Wildman–Crippen LogP) is -0.296. The summed E-state index contributed by atoms with van der Waals surface area (Å²) in [4.78, 5) is 14.2. The molecule has 0 aliphatic carbocycles. The van der Waals surface area contributed by atoms with Gasteiger partial charge in [0.15, 0.2) is 5.65 Å². The number of likely N-dealkylation sites (tertiary alicyclic amines) is 1. The van der Waals surface area contributed by atoms with Crippen molar-refractivity contribution in [2.24, 2.45) is 0 Å². The first-order valence-electron chi connectivity index (χ1n) is 7.81. The summed E-state index contributed by atoms with van der Waals surface area (Å²) in [5.74, 6) is 1.37. The lowest BCUT2D eigenvalue weighted by atomic mass is 9.96. The zero-order valence-corrected chi connectivity index (χ0v) is 13.0. The van der Waals surface area contributed by atoms with Gasteiger partial charge in [-0.05, 0) is 35.4 Å². The number of carbonyl (C=O) groups excluding carboxylic acids is 1. The van der Waals surface area contributed by atoms with Crippen LogP contribution in [0.1, 0.15) is 24.6 Å². The summed E-state index contributed by atoms with van der Waals surface area (Å²) >= 11 is 0.